The average molecular weight is 533 g/mol. The minimum atomic E-state index is -2.55. The fourth-order valence-electron chi connectivity index (χ4n) is 5.06. The van der Waals surface area contributed by atoms with E-state index in [1.807, 2.05) is 30.1 Å². The summed E-state index contributed by atoms with van der Waals surface area (Å²) in [6.45, 7) is 4.19. The van der Waals surface area contributed by atoms with E-state index < -0.39 is 6.43 Å². The summed E-state index contributed by atoms with van der Waals surface area (Å²) in [6, 6.07) is 29.4. The van der Waals surface area contributed by atoms with Gasteiger partial charge in [-0.3, -0.25) is 0 Å². The van der Waals surface area contributed by atoms with E-state index in [9.17, 15) is 8.78 Å². The van der Waals surface area contributed by atoms with E-state index in [1.165, 1.54) is 49.2 Å². The van der Waals surface area contributed by atoms with Crippen LogP contribution in [0.1, 0.15) is 36.0 Å². The molecular formula is C31H34F2N4S. The van der Waals surface area contributed by atoms with Crippen molar-refractivity contribution in [2.45, 2.75) is 38.7 Å². The Kier molecular flexibility index (Phi) is 9.20. The second-order valence-corrected chi connectivity index (χ2v) is 11.1. The number of hydrogen-bond donors (Lipinski definition) is 0. The number of alkyl halides is 2. The predicted octanol–water partition coefficient (Wildman–Crippen LogP) is 7.11. The van der Waals surface area contributed by atoms with Gasteiger partial charge in [0.1, 0.15) is 5.71 Å². The highest BCUT2D eigenvalue weighted by Gasteiger charge is 2.22. The van der Waals surface area contributed by atoms with Gasteiger partial charge < -0.3 is 9.21 Å². The Bertz CT molecular complexity index is 1210. The van der Waals surface area contributed by atoms with Crippen LogP contribution >= 0.6 is 11.9 Å². The average Bonchev–Trinajstić information content (AvgIpc) is 3.46. The van der Waals surface area contributed by atoms with Crippen molar-refractivity contribution < 1.29 is 8.78 Å². The number of para-hydroxylation sites is 1. The quantitative estimate of drug-likeness (QED) is 0.247. The van der Waals surface area contributed by atoms with E-state index in [1.54, 1.807) is 0 Å². The smallest absolute Gasteiger partial charge is 0.278 e. The highest BCUT2D eigenvalue weighted by atomic mass is 32.2. The molecule has 0 aliphatic carbocycles. The number of benzene rings is 3. The largest absolute Gasteiger partial charge is 0.312 e. The maximum absolute atomic E-state index is 12.9. The van der Waals surface area contributed by atoms with Gasteiger partial charge in [-0.05, 0) is 79.0 Å². The van der Waals surface area contributed by atoms with Crippen LogP contribution in [0.4, 0.5) is 14.5 Å². The molecule has 2 aliphatic heterocycles. The number of hydrogen-bond acceptors (Lipinski definition) is 5. The van der Waals surface area contributed by atoms with Gasteiger partial charge in [-0.1, -0.05) is 72.8 Å². The number of anilines is 1. The van der Waals surface area contributed by atoms with Gasteiger partial charge >= 0.3 is 0 Å². The molecule has 3 aromatic carbocycles. The first kappa shape index (κ1) is 26.6. The Labute approximate surface area is 228 Å². The summed E-state index contributed by atoms with van der Waals surface area (Å²) in [7, 11) is 0. The lowest BCUT2D eigenvalue weighted by Gasteiger charge is -2.32. The molecule has 1 fully saturated rings. The lowest BCUT2D eigenvalue weighted by Crippen LogP contribution is -2.36. The van der Waals surface area contributed by atoms with E-state index in [-0.39, 0.29) is 12.1 Å². The molecule has 7 heteroatoms. The van der Waals surface area contributed by atoms with Gasteiger partial charge in [-0.15, -0.1) is 0 Å². The topological polar surface area (TPSA) is 31.2 Å². The van der Waals surface area contributed by atoms with E-state index in [0.29, 0.717) is 5.71 Å². The first-order chi connectivity index (χ1) is 18.6. The molecule has 0 saturated carbocycles. The number of rotatable bonds is 11. The summed E-state index contributed by atoms with van der Waals surface area (Å²) in [6.07, 6.45) is 1.30. The molecule has 198 valence electrons. The first-order valence-corrected chi connectivity index (χ1v) is 14.3. The van der Waals surface area contributed by atoms with Crippen molar-refractivity contribution in [3.8, 4) is 0 Å². The molecular weight excluding hydrogens is 498 g/mol. The van der Waals surface area contributed by atoms with Crippen LogP contribution in [0.2, 0.25) is 0 Å². The second-order valence-electron chi connectivity index (χ2n) is 9.99. The van der Waals surface area contributed by atoms with Crippen LogP contribution < -0.4 is 4.31 Å². The number of likely N-dealkylation sites (tertiary alicyclic amines) is 1. The van der Waals surface area contributed by atoms with Gasteiger partial charge in [0.25, 0.3) is 6.43 Å². The molecule has 0 amide bonds. The van der Waals surface area contributed by atoms with Gasteiger partial charge in [-0.25, -0.2) is 8.78 Å². The molecule has 0 spiro atoms. The summed E-state index contributed by atoms with van der Waals surface area (Å²) in [4.78, 5) is 2.60. The van der Waals surface area contributed by atoms with E-state index in [0.717, 1.165) is 30.3 Å². The lowest BCUT2D eigenvalue weighted by molar-refractivity contribution is 0.193. The Hall–Kier alpha value is -3.03. The van der Waals surface area contributed by atoms with Crippen molar-refractivity contribution in [1.29, 1.82) is 0 Å². The van der Waals surface area contributed by atoms with Crippen molar-refractivity contribution in [3.63, 3.8) is 0 Å². The third-order valence-corrected chi connectivity index (χ3v) is 8.30. The summed E-state index contributed by atoms with van der Waals surface area (Å²) in [5.74, 6) is 1.81. The highest BCUT2D eigenvalue weighted by Crippen LogP contribution is 2.27. The highest BCUT2D eigenvalue weighted by molar-refractivity contribution is 8.00. The molecule has 4 nitrogen and oxygen atoms in total. The lowest BCUT2D eigenvalue weighted by atomic mass is 9.90. The van der Waals surface area contributed by atoms with Gasteiger partial charge in [0, 0.05) is 24.4 Å². The molecule has 0 unspecified atom stereocenters. The first-order valence-electron chi connectivity index (χ1n) is 13.4. The minimum absolute atomic E-state index is 0.118. The summed E-state index contributed by atoms with van der Waals surface area (Å²) < 4.78 is 28.2. The van der Waals surface area contributed by atoms with Crippen molar-refractivity contribution in [2.24, 2.45) is 16.1 Å². The van der Waals surface area contributed by atoms with Crippen LogP contribution in [0.3, 0.4) is 0 Å². The summed E-state index contributed by atoms with van der Waals surface area (Å²) >= 11 is 1.87. The van der Waals surface area contributed by atoms with Gasteiger partial charge in [0.2, 0.25) is 0 Å². The normalized spacial score (nSPS) is 16.5. The fraction of sp³-hybridized carbons (Fsp3) is 0.355. The Morgan fingerprint density at radius 1 is 0.842 bits per heavy atom. The van der Waals surface area contributed by atoms with Crippen molar-refractivity contribution >= 4 is 29.1 Å². The summed E-state index contributed by atoms with van der Waals surface area (Å²) in [5.41, 5.74) is 5.10. The van der Waals surface area contributed by atoms with Crippen LogP contribution in [-0.2, 0) is 13.0 Å². The molecule has 5 rings (SSSR count). The molecule has 1 saturated heterocycles. The van der Waals surface area contributed by atoms with Crippen LogP contribution in [0, 0.1) is 5.92 Å². The summed E-state index contributed by atoms with van der Waals surface area (Å²) in [5, 5.41) is 7.60. The zero-order valence-electron chi connectivity index (χ0n) is 21.6. The minimum Gasteiger partial charge on any atom is -0.312 e. The molecule has 3 aromatic rings. The predicted molar refractivity (Wildman–Crippen MR) is 155 cm³/mol. The van der Waals surface area contributed by atoms with Crippen molar-refractivity contribution in [2.75, 3.05) is 29.7 Å². The second kappa shape index (κ2) is 13.2. The van der Waals surface area contributed by atoms with Crippen LogP contribution in [0.5, 0.6) is 0 Å². The molecule has 0 N–H and O–H groups in total. The van der Waals surface area contributed by atoms with Crippen LogP contribution in [0.15, 0.2) is 95.1 Å². The molecule has 0 atom stereocenters. The molecule has 38 heavy (non-hydrogen) atoms. The maximum Gasteiger partial charge on any atom is 0.278 e. The maximum atomic E-state index is 12.9. The fourth-order valence-corrected chi connectivity index (χ4v) is 6.13. The van der Waals surface area contributed by atoms with Gasteiger partial charge in [-0.2, -0.15) is 10.2 Å². The molecule has 2 heterocycles. The third-order valence-electron chi connectivity index (χ3n) is 7.29. The van der Waals surface area contributed by atoms with Gasteiger partial charge in [0.05, 0.1) is 12.3 Å². The van der Waals surface area contributed by atoms with E-state index in [2.05, 4.69) is 86.1 Å². The Balaban J connectivity index is 1.12. The van der Waals surface area contributed by atoms with E-state index >= 15 is 0 Å². The molecule has 0 aromatic heterocycles. The molecule has 0 bridgehead atoms. The van der Waals surface area contributed by atoms with Crippen molar-refractivity contribution in [1.82, 2.24) is 4.90 Å². The number of nitrogens with zero attached hydrogens (tertiary/aromatic N) is 4. The number of piperidine rings is 1. The standard InChI is InChI=1S/C31H34F2N4S/c32-31(33)30-22-29(34-35-30)27-13-11-26(12-14-27)23-37(28-9-5-2-6-10-28)38-20-19-36-17-15-25(16-18-36)21-24-7-3-1-4-8-24/h1-14,25,31H,15-23H2. The monoisotopic (exact) mass is 532 g/mol. The van der Waals surface area contributed by atoms with Crippen LogP contribution in [0.25, 0.3) is 0 Å². The molecule has 0 radical (unpaired) electrons. The van der Waals surface area contributed by atoms with E-state index in [4.69, 9.17) is 0 Å². The number of halogens is 2. The van der Waals surface area contributed by atoms with Crippen molar-refractivity contribution in [3.05, 3.63) is 102 Å². The zero-order valence-corrected chi connectivity index (χ0v) is 22.4. The SMILES string of the molecule is FC(F)C1=NN=C(c2ccc(CN(SCCN3CCC(Cc4ccccc4)CC3)c3ccccc3)cc2)C1. The Morgan fingerprint density at radius 2 is 1.53 bits per heavy atom. The Morgan fingerprint density at radius 3 is 2.18 bits per heavy atom. The third kappa shape index (κ3) is 7.29. The molecule has 2 aliphatic rings. The van der Waals surface area contributed by atoms with Gasteiger partial charge in [0.15, 0.2) is 0 Å². The zero-order chi connectivity index (χ0) is 26.2. The van der Waals surface area contributed by atoms with Crippen LogP contribution in [-0.4, -0.2) is 48.1 Å².